The summed E-state index contributed by atoms with van der Waals surface area (Å²) in [6.07, 6.45) is 2.30. The molecule has 4 rings (SSSR count). The van der Waals surface area contributed by atoms with Gasteiger partial charge in [0.05, 0.1) is 18.4 Å². The van der Waals surface area contributed by atoms with Gasteiger partial charge in [-0.25, -0.2) is 23.1 Å². The Kier molecular flexibility index (Phi) is 6.42. The number of sulfonamides is 1. The molecule has 1 aliphatic rings. The smallest absolute Gasteiger partial charge is 0.268 e. The Bertz CT molecular complexity index is 1370. The molecule has 35 heavy (non-hydrogen) atoms. The number of nitrogens with zero attached hydrogens (tertiary/aromatic N) is 3. The molecule has 1 saturated heterocycles. The van der Waals surface area contributed by atoms with E-state index in [0.717, 1.165) is 12.0 Å². The molecule has 0 radical (unpaired) electrons. The van der Waals surface area contributed by atoms with Gasteiger partial charge in [-0.1, -0.05) is 19.1 Å². The largest absolute Gasteiger partial charge is 0.496 e. The fourth-order valence-corrected chi connectivity index (χ4v) is 5.36. The summed E-state index contributed by atoms with van der Waals surface area (Å²) in [6.45, 7) is 7.02. The Morgan fingerprint density at radius 2 is 1.91 bits per heavy atom. The lowest BCUT2D eigenvalue weighted by molar-refractivity contribution is 0.0981. The van der Waals surface area contributed by atoms with Gasteiger partial charge in [0.15, 0.2) is 0 Å². The molecule has 3 N–H and O–H groups in total. The van der Waals surface area contributed by atoms with E-state index in [9.17, 15) is 13.2 Å². The van der Waals surface area contributed by atoms with Crippen LogP contribution in [0.15, 0.2) is 59.6 Å². The number of hydrogen-bond donors (Lipinski definition) is 2. The first kappa shape index (κ1) is 24.5. The monoisotopic (exact) mass is 495 g/mol. The highest BCUT2D eigenvalue weighted by molar-refractivity contribution is 7.90. The van der Waals surface area contributed by atoms with Gasteiger partial charge < -0.3 is 15.4 Å². The van der Waals surface area contributed by atoms with Crippen molar-refractivity contribution in [1.82, 2.24) is 14.7 Å². The highest BCUT2D eigenvalue weighted by Crippen LogP contribution is 2.40. The van der Waals surface area contributed by atoms with E-state index in [2.05, 4.69) is 35.4 Å². The van der Waals surface area contributed by atoms with Crippen LogP contribution in [-0.4, -0.2) is 43.5 Å². The molecule has 3 heterocycles. The molecule has 184 valence electrons. The van der Waals surface area contributed by atoms with Crippen molar-refractivity contribution >= 4 is 27.6 Å². The minimum absolute atomic E-state index is 0.150. The summed E-state index contributed by atoms with van der Waals surface area (Å²) in [5.74, 6) is 0.417. The lowest BCUT2D eigenvalue weighted by Crippen LogP contribution is -2.43. The highest BCUT2D eigenvalue weighted by atomic mass is 32.2. The number of carbonyl (C=O) groups is 1. The van der Waals surface area contributed by atoms with E-state index in [1.165, 1.54) is 18.3 Å². The fraction of sp³-hybridized carbons (Fsp3) is 0.320. The van der Waals surface area contributed by atoms with Crippen LogP contribution in [0.1, 0.15) is 37.6 Å². The number of nitrogens with two attached hydrogens (primary N) is 1. The van der Waals surface area contributed by atoms with E-state index in [0.29, 0.717) is 29.7 Å². The number of pyridine rings is 2. The topological polar surface area (TPSA) is 128 Å². The first-order valence-electron chi connectivity index (χ1n) is 11.3. The van der Waals surface area contributed by atoms with Gasteiger partial charge in [-0.2, -0.15) is 0 Å². The summed E-state index contributed by atoms with van der Waals surface area (Å²) in [5, 5.41) is 0. The van der Waals surface area contributed by atoms with Crippen LogP contribution >= 0.6 is 0 Å². The number of ether oxygens (including phenoxy) is 1. The quantitative estimate of drug-likeness (QED) is 0.532. The van der Waals surface area contributed by atoms with Gasteiger partial charge in [0.2, 0.25) is 0 Å². The van der Waals surface area contributed by atoms with Crippen molar-refractivity contribution in [3.8, 4) is 17.0 Å². The zero-order chi connectivity index (χ0) is 25.4. The molecule has 0 saturated carbocycles. The van der Waals surface area contributed by atoms with Gasteiger partial charge >= 0.3 is 0 Å². The van der Waals surface area contributed by atoms with Crippen LogP contribution in [0, 0.1) is 5.92 Å². The first-order valence-corrected chi connectivity index (χ1v) is 12.7. The molecule has 1 unspecified atom stereocenters. The summed E-state index contributed by atoms with van der Waals surface area (Å²) in [4.78, 5) is 23.8. The molecule has 2 aromatic heterocycles. The van der Waals surface area contributed by atoms with Crippen LogP contribution in [-0.2, 0) is 10.0 Å². The van der Waals surface area contributed by atoms with Crippen molar-refractivity contribution in [1.29, 1.82) is 0 Å². The van der Waals surface area contributed by atoms with E-state index in [-0.39, 0.29) is 21.8 Å². The van der Waals surface area contributed by atoms with Gasteiger partial charge in [-0.15, -0.1) is 0 Å². The van der Waals surface area contributed by atoms with Crippen LogP contribution < -0.4 is 20.1 Å². The Hall–Kier alpha value is -3.66. The average molecular weight is 496 g/mol. The number of methoxy groups -OCH3 is 1. The molecule has 3 aromatic rings. The second kappa shape index (κ2) is 9.18. The zero-order valence-electron chi connectivity index (χ0n) is 20.1. The first-order chi connectivity index (χ1) is 16.6. The minimum atomic E-state index is -4.24. The van der Waals surface area contributed by atoms with Crippen LogP contribution in [0.5, 0.6) is 5.75 Å². The summed E-state index contributed by atoms with van der Waals surface area (Å²) < 4.78 is 33.5. The predicted molar refractivity (Wildman–Crippen MR) is 135 cm³/mol. The number of carbonyl (C=O) groups excluding carboxylic acids is 1. The van der Waals surface area contributed by atoms with Gasteiger partial charge in [0.1, 0.15) is 22.3 Å². The zero-order valence-corrected chi connectivity index (χ0v) is 21.0. The number of rotatable bonds is 6. The van der Waals surface area contributed by atoms with E-state index in [1.54, 1.807) is 19.2 Å². The summed E-state index contributed by atoms with van der Waals surface area (Å²) >= 11 is 0. The van der Waals surface area contributed by atoms with E-state index < -0.39 is 15.9 Å². The number of nitrogens with one attached hydrogen (secondary N) is 1. The average Bonchev–Trinajstić information content (AvgIpc) is 3.10. The summed E-state index contributed by atoms with van der Waals surface area (Å²) in [7, 11) is -2.66. The highest BCUT2D eigenvalue weighted by Gasteiger charge is 2.41. The molecule has 1 atom stereocenters. The Morgan fingerprint density at radius 1 is 1.17 bits per heavy atom. The van der Waals surface area contributed by atoms with Gasteiger partial charge in [0.25, 0.3) is 15.9 Å². The van der Waals surface area contributed by atoms with Crippen LogP contribution in [0.2, 0.25) is 0 Å². The molecule has 1 aliphatic heterocycles. The third-order valence-corrected chi connectivity index (χ3v) is 8.14. The number of nitrogen functional groups attached to an aromatic ring is 1. The number of aromatic nitrogens is 2. The normalized spacial score (nSPS) is 17.3. The standard InChI is InChI=1S/C25H29N5O4S/c1-16-13-15-30(25(16,2)3)23-18(11-12-19(28-23)17-8-5-6-9-20(17)34-4)24(31)29-35(32,33)21-10-7-14-27-22(21)26/h5-12,14,16H,13,15H2,1-4H3,(H2,26,27)(H,29,31). The molecule has 0 spiro atoms. The molecule has 0 aliphatic carbocycles. The third-order valence-electron chi connectivity index (χ3n) is 6.76. The SMILES string of the molecule is COc1ccccc1-c1ccc(C(=O)NS(=O)(=O)c2cccnc2N)c(N2CCC(C)C2(C)C)n1. The Morgan fingerprint density at radius 3 is 2.57 bits per heavy atom. The molecule has 1 aromatic carbocycles. The third kappa shape index (κ3) is 4.53. The molecule has 0 bridgehead atoms. The lowest BCUT2D eigenvalue weighted by atomic mass is 9.90. The second-order valence-corrected chi connectivity index (χ2v) is 10.7. The van der Waals surface area contributed by atoms with Gasteiger partial charge in [-0.05, 0) is 62.6 Å². The molecule has 1 amide bonds. The predicted octanol–water partition coefficient (Wildman–Crippen LogP) is 3.48. The molecule has 1 fully saturated rings. The van der Waals surface area contributed by atoms with Gasteiger partial charge in [-0.3, -0.25) is 4.79 Å². The number of hydrogen-bond acceptors (Lipinski definition) is 8. The number of anilines is 2. The van der Waals surface area contributed by atoms with Crippen molar-refractivity contribution in [2.24, 2.45) is 5.92 Å². The molecular weight excluding hydrogens is 466 g/mol. The Balaban J connectivity index is 1.81. The van der Waals surface area contributed by atoms with Gasteiger partial charge in [0, 0.05) is 23.8 Å². The van der Waals surface area contributed by atoms with Crippen molar-refractivity contribution in [3.05, 3.63) is 60.3 Å². The number of amides is 1. The maximum Gasteiger partial charge on any atom is 0.268 e. The summed E-state index contributed by atoms with van der Waals surface area (Å²) in [5.41, 5.74) is 6.97. The van der Waals surface area contributed by atoms with Crippen LogP contribution in [0.25, 0.3) is 11.3 Å². The van der Waals surface area contributed by atoms with Crippen LogP contribution in [0.3, 0.4) is 0 Å². The number of para-hydroxylation sites is 1. The molecular formula is C25H29N5O4S. The van der Waals surface area contributed by atoms with E-state index in [1.807, 2.05) is 24.3 Å². The van der Waals surface area contributed by atoms with Crippen molar-refractivity contribution in [2.45, 2.75) is 37.6 Å². The summed E-state index contributed by atoms with van der Waals surface area (Å²) in [6, 6.07) is 13.5. The lowest BCUT2D eigenvalue weighted by Gasteiger charge is -2.36. The fourth-order valence-electron chi connectivity index (χ4n) is 4.31. The molecule has 10 heteroatoms. The number of benzene rings is 1. The van der Waals surface area contributed by atoms with E-state index in [4.69, 9.17) is 15.5 Å². The van der Waals surface area contributed by atoms with E-state index >= 15 is 0 Å². The Labute approximate surface area is 205 Å². The second-order valence-electron chi connectivity index (χ2n) is 9.08. The van der Waals surface area contributed by atoms with Crippen molar-refractivity contribution in [3.63, 3.8) is 0 Å². The van der Waals surface area contributed by atoms with Crippen LogP contribution in [0.4, 0.5) is 11.6 Å². The maximum atomic E-state index is 13.3. The van der Waals surface area contributed by atoms with Crippen molar-refractivity contribution < 1.29 is 17.9 Å². The maximum absolute atomic E-state index is 13.3. The van der Waals surface area contributed by atoms with Crippen molar-refractivity contribution in [2.75, 3.05) is 24.3 Å². The minimum Gasteiger partial charge on any atom is -0.496 e. The molecule has 9 nitrogen and oxygen atoms in total.